The molecule has 0 nitrogen and oxygen atoms in total. The minimum atomic E-state index is 0.938. The zero-order valence-electron chi connectivity index (χ0n) is 12.0. The molecule has 1 rings (SSSR count). The molecule has 0 aliphatic heterocycles. The first-order valence-electron chi connectivity index (χ1n) is 7.63. The van der Waals surface area contributed by atoms with Crippen molar-refractivity contribution in [2.45, 2.75) is 79.1 Å². The van der Waals surface area contributed by atoms with Gasteiger partial charge in [0.05, 0.1) is 0 Å². The van der Waals surface area contributed by atoms with E-state index in [9.17, 15) is 0 Å². The second-order valence-electron chi connectivity index (χ2n) is 6.43. The van der Waals surface area contributed by atoms with Gasteiger partial charge >= 0.3 is 0 Å². The van der Waals surface area contributed by atoms with Crippen LogP contribution in [-0.2, 0) is 0 Å². The largest absolute Gasteiger partial charge is 0.0651 e. The highest BCUT2D eigenvalue weighted by atomic mass is 14.2. The minimum absolute atomic E-state index is 0.938. The first-order chi connectivity index (χ1) is 7.63. The number of rotatable bonds is 1. The molecule has 0 aromatic heterocycles. The molecule has 0 aromatic rings. The molecular weight excluding hydrogens is 192 g/mol. The molecule has 0 radical (unpaired) electrons. The van der Waals surface area contributed by atoms with Crippen LogP contribution in [0.4, 0.5) is 0 Å². The molecule has 0 saturated heterocycles. The SMILES string of the molecule is CCC1CCCCC(C)C(C)CC(C)CC1. The highest BCUT2D eigenvalue weighted by Crippen LogP contribution is 2.30. The monoisotopic (exact) mass is 224 g/mol. The standard InChI is InChI=1S/C16H32/c1-5-16-9-7-6-8-14(3)15(4)12-13(2)10-11-16/h13-16H,5-12H2,1-4H3. The Bertz CT molecular complexity index is 171. The van der Waals surface area contributed by atoms with Crippen molar-refractivity contribution in [2.75, 3.05) is 0 Å². The minimum Gasteiger partial charge on any atom is -0.0651 e. The Morgan fingerprint density at radius 3 is 2.19 bits per heavy atom. The summed E-state index contributed by atoms with van der Waals surface area (Å²) in [7, 11) is 0. The summed E-state index contributed by atoms with van der Waals surface area (Å²) in [6.07, 6.45) is 11.7. The van der Waals surface area contributed by atoms with E-state index in [-0.39, 0.29) is 0 Å². The maximum absolute atomic E-state index is 2.47. The molecule has 0 heteroatoms. The smallest absolute Gasteiger partial charge is 0.0414 e. The fourth-order valence-corrected chi connectivity index (χ4v) is 3.24. The molecule has 0 spiro atoms. The Balaban J connectivity index is 2.47. The van der Waals surface area contributed by atoms with E-state index in [4.69, 9.17) is 0 Å². The summed E-state index contributed by atoms with van der Waals surface area (Å²) in [5.41, 5.74) is 0. The highest BCUT2D eigenvalue weighted by Gasteiger charge is 2.18. The van der Waals surface area contributed by atoms with E-state index in [2.05, 4.69) is 27.7 Å². The van der Waals surface area contributed by atoms with Crippen LogP contribution in [0.1, 0.15) is 79.1 Å². The zero-order chi connectivity index (χ0) is 12.0. The average Bonchev–Trinajstić information content (AvgIpc) is 2.28. The molecule has 0 amide bonds. The number of hydrogen-bond acceptors (Lipinski definition) is 0. The van der Waals surface area contributed by atoms with E-state index in [1.165, 1.54) is 51.4 Å². The Labute approximate surface area is 103 Å². The van der Waals surface area contributed by atoms with E-state index in [1.54, 1.807) is 0 Å². The summed E-state index contributed by atoms with van der Waals surface area (Å²) >= 11 is 0. The predicted octanol–water partition coefficient (Wildman–Crippen LogP) is 5.67. The summed E-state index contributed by atoms with van der Waals surface area (Å²) in [5, 5.41) is 0. The summed E-state index contributed by atoms with van der Waals surface area (Å²) in [6, 6.07) is 0. The van der Waals surface area contributed by atoms with Gasteiger partial charge in [-0.1, -0.05) is 72.6 Å². The van der Waals surface area contributed by atoms with E-state index < -0.39 is 0 Å². The van der Waals surface area contributed by atoms with Gasteiger partial charge in [0.1, 0.15) is 0 Å². The van der Waals surface area contributed by atoms with Crippen LogP contribution in [0, 0.1) is 23.7 Å². The van der Waals surface area contributed by atoms with Crippen molar-refractivity contribution in [1.82, 2.24) is 0 Å². The lowest BCUT2D eigenvalue weighted by Crippen LogP contribution is -2.12. The van der Waals surface area contributed by atoms with Gasteiger partial charge in [0, 0.05) is 0 Å². The van der Waals surface area contributed by atoms with Gasteiger partial charge in [-0.15, -0.1) is 0 Å². The Hall–Kier alpha value is 0. The van der Waals surface area contributed by atoms with Gasteiger partial charge in [-0.05, 0) is 30.1 Å². The van der Waals surface area contributed by atoms with Crippen LogP contribution in [0.2, 0.25) is 0 Å². The van der Waals surface area contributed by atoms with Crippen molar-refractivity contribution in [3.05, 3.63) is 0 Å². The molecule has 0 bridgehead atoms. The molecule has 0 aromatic carbocycles. The zero-order valence-corrected chi connectivity index (χ0v) is 12.0. The third-order valence-corrected chi connectivity index (χ3v) is 4.91. The fourth-order valence-electron chi connectivity index (χ4n) is 3.24. The molecule has 4 atom stereocenters. The van der Waals surface area contributed by atoms with E-state index in [1.807, 2.05) is 0 Å². The molecule has 1 aliphatic rings. The average molecular weight is 224 g/mol. The van der Waals surface area contributed by atoms with Crippen molar-refractivity contribution >= 4 is 0 Å². The molecule has 1 fully saturated rings. The van der Waals surface area contributed by atoms with Crippen LogP contribution in [0.15, 0.2) is 0 Å². The topological polar surface area (TPSA) is 0 Å². The van der Waals surface area contributed by atoms with Crippen LogP contribution in [0.25, 0.3) is 0 Å². The first-order valence-corrected chi connectivity index (χ1v) is 7.63. The molecular formula is C16H32. The molecule has 1 aliphatic carbocycles. The molecule has 16 heavy (non-hydrogen) atoms. The molecule has 1 saturated carbocycles. The van der Waals surface area contributed by atoms with Crippen LogP contribution < -0.4 is 0 Å². The van der Waals surface area contributed by atoms with Crippen molar-refractivity contribution in [3.63, 3.8) is 0 Å². The van der Waals surface area contributed by atoms with Crippen molar-refractivity contribution in [2.24, 2.45) is 23.7 Å². The maximum Gasteiger partial charge on any atom is -0.0414 e. The number of hydrogen-bond donors (Lipinski definition) is 0. The summed E-state index contributed by atoms with van der Waals surface area (Å²) in [4.78, 5) is 0. The van der Waals surface area contributed by atoms with E-state index >= 15 is 0 Å². The van der Waals surface area contributed by atoms with E-state index in [0.717, 1.165) is 23.7 Å². The van der Waals surface area contributed by atoms with Gasteiger partial charge in [-0.3, -0.25) is 0 Å². The summed E-state index contributed by atoms with van der Waals surface area (Å²) in [6.45, 7) is 9.77. The fraction of sp³-hybridized carbons (Fsp3) is 1.00. The molecule has 4 unspecified atom stereocenters. The maximum atomic E-state index is 2.47. The summed E-state index contributed by atoms with van der Waals surface area (Å²) < 4.78 is 0. The quantitative estimate of drug-likeness (QED) is 0.538. The molecule has 0 heterocycles. The van der Waals surface area contributed by atoms with Crippen molar-refractivity contribution < 1.29 is 0 Å². The molecule has 0 N–H and O–H groups in total. The lowest BCUT2D eigenvalue weighted by molar-refractivity contribution is 0.286. The van der Waals surface area contributed by atoms with Crippen molar-refractivity contribution in [1.29, 1.82) is 0 Å². The van der Waals surface area contributed by atoms with Crippen LogP contribution in [-0.4, -0.2) is 0 Å². The molecule has 96 valence electrons. The Morgan fingerprint density at radius 1 is 0.812 bits per heavy atom. The predicted molar refractivity (Wildman–Crippen MR) is 73.6 cm³/mol. The lowest BCUT2D eigenvalue weighted by Gasteiger charge is -2.23. The van der Waals surface area contributed by atoms with Gasteiger partial charge in [0.15, 0.2) is 0 Å². The second-order valence-corrected chi connectivity index (χ2v) is 6.43. The Morgan fingerprint density at radius 2 is 1.50 bits per heavy atom. The van der Waals surface area contributed by atoms with Crippen LogP contribution in [0.3, 0.4) is 0 Å². The van der Waals surface area contributed by atoms with Crippen molar-refractivity contribution in [3.8, 4) is 0 Å². The van der Waals surface area contributed by atoms with Gasteiger partial charge in [-0.2, -0.15) is 0 Å². The van der Waals surface area contributed by atoms with Gasteiger partial charge in [0.25, 0.3) is 0 Å². The van der Waals surface area contributed by atoms with Gasteiger partial charge in [-0.25, -0.2) is 0 Å². The first kappa shape index (κ1) is 14.1. The van der Waals surface area contributed by atoms with Gasteiger partial charge < -0.3 is 0 Å². The third-order valence-electron chi connectivity index (χ3n) is 4.91. The van der Waals surface area contributed by atoms with E-state index in [0.29, 0.717) is 0 Å². The van der Waals surface area contributed by atoms with Crippen LogP contribution in [0.5, 0.6) is 0 Å². The normalized spacial score (nSPS) is 39.0. The van der Waals surface area contributed by atoms with Gasteiger partial charge in [0.2, 0.25) is 0 Å². The summed E-state index contributed by atoms with van der Waals surface area (Å²) in [5.74, 6) is 3.85. The van der Waals surface area contributed by atoms with Crippen LogP contribution >= 0.6 is 0 Å². The second kappa shape index (κ2) is 7.35. The third kappa shape index (κ3) is 4.89. The lowest BCUT2D eigenvalue weighted by atomic mass is 9.83. The Kier molecular flexibility index (Phi) is 6.46. The highest BCUT2D eigenvalue weighted by molar-refractivity contribution is 4.70.